The van der Waals surface area contributed by atoms with Gasteiger partial charge in [0, 0.05) is 30.4 Å². The summed E-state index contributed by atoms with van der Waals surface area (Å²) in [5.41, 5.74) is 2.93. The average Bonchev–Trinajstić information content (AvgIpc) is 2.95. The summed E-state index contributed by atoms with van der Waals surface area (Å²) in [5.74, 6) is -0.402. The van der Waals surface area contributed by atoms with Gasteiger partial charge in [-0.15, -0.1) is 0 Å². The van der Waals surface area contributed by atoms with Gasteiger partial charge in [-0.1, -0.05) is 12.1 Å². The molecule has 0 fully saturated rings. The molecule has 2 heterocycles. The minimum Gasteiger partial charge on any atom is -0.376 e. The number of carbonyl (C=O) groups excluding carboxylic acids is 2. The Morgan fingerprint density at radius 1 is 1.28 bits per heavy atom. The Morgan fingerprint density at radius 2 is 2.09 bits per heavy atom. The van der Waals surface area contributed by atoms with E-state index < -0.39 is 17.6 Å². The van der Waals surface area contributed by atoms with Crippen molar-refractivity contribution in [1.82, 2.24) is 5.32 Å². The largest absolute Gasteiger partial charge is 0.416 e. The molecule has 3 amide bonds. The average molecular weight is 445 g/mol. The van der Waals surface area contributed by atoms with Crippen LogP contribution in [0.3, 0.4) is 0 Å². The first-order valence-electron chi connectivity index (χ1n) is 10.2. The number of anilines is 2. The Balaban J connectivity index is 1.62. The zero-order valence-corrected chi connectivity index (χ0v) is 17.4. The summed E-state index contributed by atoms with van der Waals surface area (Å²) in [6.45, 7) is 2.98. The van der Waals surface area contributed by atoms with Crippen LogP contribution in [0.5, 0.6) is 0 Å². The van der Waals surface area contributed by atoms with Gasteiger partial charge in [0.05, 0.1) is 24.5 Å². The summed E-state index contributed by atoms with van der Waals surface area (Å²) < 4.78 is 44.7. The number of nitrogens with zero attached hydrogens (tertiary/aromatic N) is 1. The Labute approximate surface area is 183 Å². The number of halogens is 3. The van der Waals surface area contributed by atoms with Crippen LogP contribution in [0.15, 0.2) is 42.5 Å². The summed E-state index contributed by atoms with van der Waals surface area (Å²) in [4.78, 5) is 26.5. The molecule has 0 radical (unpaired) electrons. The summed E-state index contributed by atoms with van der Waals surface area (Å²) in [6.07, 6.45) is -2.64. The number of hydrogen-bond donors (Lipinski definition) is 2. The van der Waals surface area contributed by atoms with E-state index in [9.17, 15) is 22.8 Å². The molecular formula is C23H22F3N3O3. The van der Waals surface area contributed by atoms with Gasteiger partial charge in [0.15, 0.2) is 0 Å². The molecule has 168 valence electrons. The van der Waals surface area contributed by atoms with Crippen LogP contribution in [-0.4, -0.2) is 25.1 Å². The second-order valence-corrected chi connectivity index (χ2v) is 7.54. The van der Waals surface area contributed by atoms with E-state index >= 15 is 0 Å². The van der Waals surface area contributed by atoms with Crippen LogP contribution in [0.25, 0.3) is 5.57 Å². The lowest BCUT2D eigenvalue weighted by Crippen LogP contribution is -2.44. The summed E-state index contributed by atoms with van der Waals surface area (Å²) >= 11 is 0. The molecule has 0 aliphatic carbocycles. The molecule has 9 heteroatoms. The number of rotatable bonds is 3. The SMILES string of the molecule is CCN1C(=O)NCc2c(NC(=O)C=C3CCOCc4cc(C(F)(F)F)ccc43)cccc21. The maximum Gasteiger partial charge on any atom is 0.416 e. The predicted molar refractivity (Wildman–Crippen MR) is 114 cm³/mol. The first-order chi connectivity index (χ1) is 15.3. The predicted octanol–water partition coefficient (Wildman–Crippen LogP) is 4.70. The first-order valence-corrected chi connectivity index (χ1v) is 10.2. The second kappa shape index (κ2) is 8.66. The number of carbonyl (C=O) groups is 2. The molecule has 4 rings (SSSR count). The monoisotopic (exact) mass is 445 g/mol. The number of benzene rings is 2. The fourth-order valence-corrected chi connectivity index (χ4v) is 3.99. The van der Waals surface area contributed by atoms with E-state index in [1.54, 1.807) is 17.0 Å². The van der Waals surface area contributed by atoms with Crippen LogP contribution in [0.4, 0.5) is 29.3 Å². The summed E-state index contributed by atoms with van der Waals surface area (Å²) in [5, 5.41) is 5.63. The van der Waals surface area contributed by atoms with E-state index in [1.807, 2.05) is 13.0 Å². The third kappa shape index (κ3) is 4.34. The van der Waals surface area contributed by atoms with Gasteiger partial charge in [0.25, 0.3) is 0 Å². The first kappa shape index (κ1) is 21.9. The van der Waals surface area contributed by atoms with Crippen molar-refractivity contribution < 1.29 is 27.5 Å². The van der Waals surface area contributed by atoms with E-state index in [1.165, 1.54) is 12.1 Å². The Hall–Kier alpha value is -3.33. The molecule has 2 aromatic carbocycles. The van der Waals surface area contributed by atoms with Crippen molar-refractivity contribution in [2.75, 3.05) is 23.4 Å². The van der Waals surface area contributed by atoms with E-state index in [2.05, 4.69) is 10.6 Å². The van der Waals surface area contributed by atoms with Crippen molar-refractivity contribution in [3.8, 4) is 0 Å². The van der Waals surface area contributed by atoms with Gasteiger partial charge < -0.3 is 15.4 Å². The number of fused-ring (bicyclic) bond motifs is 2. The van der Waals surface area contributed by atoms with E-state index in [0.717, 1.165) is 23.4 Å². The van der Waals surface area contributed by atoms with Gasteiger partial charge in [0.2, 0.25) is 5.91 Å². The number of urea groups is 1. The normalized spacial score (nSPS) is 17.3. The molecule has 0 unspecified atom stereocenters. The summed E-state index contributed by atoms with van der Waals surface area (Å²) in [7, 11) is 0. The van der Waals surface area contributed by atoms with Gasteiger partial charge in [-0.05, 0) is 54.3 Å². The zero-order chi connectivity index (χ0) is 22.9. The molecule has 2 N–H and O–H groups in total. The smallest absolute Gasteiger partial charge is 0.376 e. The Kier molecular flexibility index (Phi) is 5.92. The standard InChI is InChI=1S/C23H22F3N3O3/c1-2-29-20-5-3-4-19(18(20)12-27-22(29)31)28-21(30)11-14-8-9-32-13-15-10-16(23(24,25)26)6-7-17(14)15/h3-7,10-11H,2,8-9,12-13H2,1H3,(H,27,31)(H,28,30). The minimum absolute atomic E-state index is 0.0525. The molecular weight excluding hydrogens is 423 g/mol. The van der Waals surface area contributed by atoms with E-state index in [4.69, 9.17) is 4.74 Å². The maximum absolute atomic E-state index is 13.1. The van der Waals surface area contributed by atoms with Crippen LogP contribution in [0.2, 0.25) is 0 Å². The molecule has 2 aliphatic heterocycles. The zero-order valence-electron chi connectivity index (χ0n) is 17.4. The number of hydrogen-bond acceptors (Lipinski definition) is 3. The van der Waals surface area contributed by atoms with Gasteiger partial charge in [-0.2, -0.15) is 13.2 Å². The quantitative estimate of drug-likeness (QED) is 0.673. The molecule has 2 aromatic rings. The molecule has 32 heavy (non-hydrogen) atoms. The van der Waals surface area contributed by atoms with Crippen molar-refractivity contribution in [1.29, 1.82) is 0 Å². The van der Waals surface area contributed by atoms with Gasteiger partial charge >= 0.3 is 12.2 Å². The molecule has 0 saturated heterocycles. The highest BCUT2D eigenvalue weighted by molar-refractivity contribution is 6.06. The number of ether oxygens (including phenoxy) is 1. The second-order valence-electron chi connectivity index (χ2n) is 7.54. The van der Waals surface area contributed by atoms with E-state index in [-0.39, 0.29) is 19.2 Å². The lowest BCUT2D eigenvalue weighted by atomic mass is 9.96. The van der Waals surface area contributed by atoms with Gasteiger partial charge in [-0.25, -0.2) is 4.79 Å². The van der Waals surface area contributed by atoms with E-state index in [0.29, 0.717) is 42.0 Å². The fourth-order valence-electron chi connectivity index (χ4n) is 3.99. The third-order valence-electron chi connectivity index (χ3n) is 5.53. The minimum atomic E-state index is -4.45. The molecule has 0 spiro atoms. The lowest BCUT2D eigenvalue weighted by molar-refractivity contribution is -0.137. The van der Waals surface area contributed by atoms with Crippen molar-refractivity contribution in [3.63, 3.8) is 0 Å². The van der Waals surface area contributed by atoms with Crippen LogP contribution < -0.4 is 15.5 Å². The van der Waals surface area contributed by atoms with Crippen LogP contribution in [-0.2, 0) is 28.9 Å². The van der Waals surface area contributed by atoms with Crippen molar-refractivity contribution in [3.05, 3.63) is 64.7 Å². The topological polar surface area (TPSA) is 70.7 Å². The fraction of sp³-hybridized carbons (Fsp3) is 0.304. The Morgan fingerprint density at radius 3 is 2.84 bits per heavy atom. The highest BCUT2D eigenvalue weighted by Gasteiger charge is 2.31. The number of alkyl halides is 3. The van der Waals surface area contributed by atoms with Crippen LogP contribution in [0.1, 0.15) is 35.6 Å². The highest BCUT2D eigenvalue weighted by Crippen LogP contribution is 2.35. The van der Waals surface area contributed by atoms with Crippen LogP contribution in [0, 0.1) is 0 Å². The third-order valence-corrected chi connectivity index (χ3v) is 5.53. The van der Waals surface area contributed by atoms with Crippen LogP contribution >= 0.6 is 0 Å². The summed E-state index contributed by atoms with van der Waals surface area (Å²) in [6, 6.07) is 8.62. The van der Waals surface area contributed by atoms with Crippen molar-refractivity contribution in [2.24, 2.45) is 0 Å². The van der Waals surface area contributed by atoms with Crippen molar-refractivity contribution >= 4 is 28.9 Å². The number of amides is 3. The van der Waals surface area contributed by atoms with Gasteiger partial charge in [0.1, 0.15) is 0 Å². The Bertz CT molecular complexity index is 1100. The molecule has 0 saturated carbocycles. The molecule has 6 nitrogen and oxygen atoms in total. The van der Waals surface area contributed by atoms with Crippen molar-refractivity contribution in [2.45, 2.75) is 32.7 Å². The lowest BCUT2D eigenvalue weighted by Gasteiger charge is -2.30. The molecule has 2 aliphatic rings. The highest BCUT2D eigenvalue weighted by atomic mass is 19.4. The molecule has 0 aromatic heterocycles. The maximum atomic E-state index is 13.1. The molecule has 0 atom stereocenters. The number of nitrogens with one attached hydrogen (secondary N) is 2. The van der Waals surface area contributed by atoms with Gasteiger partial charge in [-0.3, -0.25) is 9.69 Å². The molecule has 0 bridgehead atoms.